The molecule has 0 fully saturated rings. The topological polar surface area (TPSA) is 55.1 Å². The van der Waals surface area contributed by atoms with Crippen LogP contribution in [0.2, 0.25) is 0 Å². The highest BCUT2D eigenvalue weighted by Gasteiger charge is 2.03. The van der Waals surface area contributed by atoms with Crippen molar-refractivity contribution in [3.8, 4) is 0 Å². The van der Waals surface area contributed by atoms with Gasteiger partial charge in [0.15, 0.2) is 0 Å². The molecule has 3 heteroatoms. The van der Waals surface area contributed by atoms with Crippen molar-refractivity contribution in [3.63, 3.8) is 0 Å². The van der Waals surface area contributed by atoms with Crippen LogP contribution in [-0.4, -0.2) is 18.5 Å². The average molecular weight is 234 g/mol. The van der Waals surface area contributed by atoms with E-state index in [1.54, 1.807) is 0 Å². The van der Waals surface area contributed by atoms with E-state index in [4.69, 9.17) is 5.73 Å². The molecule has 3 nitrogen and oxygen atoms in total. The van der Waals surface area contributed by atoms with Crippen LogP contribution in [0.15, 0.2) is 24.3 Å². The minimum absolute atomic E-state index is 0.0647. The van der Waals surface area contributed by atoms with Crippen LogP contribution in [0.25, 0.3) is 0 Å². The fourth-order valence-corrected chi connectivity index (χ4v) is 1.58. The second kappa shape index (κ2) is 7.07. The number of nitrogens with one attached hydrogen (secondary N) is 1. The van der Waals surface area contributed by atoms with Gasteiger partial charge in [0, 0.05) is 12.6 Å². The van der Waals surface area contributed by atoms with E-state index in [1.165, 1.54) is 5.56 Å². The third-order valence-corrected chi connectivity index (χ3v) is 2.72. The van der Waals surface area contributed by atoms with E-state index in [0.29, 0.717) is 13.0 Å². The van der Waals surface area contributed by atoms with Crippen molar-refractivity contribution in [1.82, 2.24) is 5.32 Å². The van der Waals surface area contributed by atoms with E-state index >= 15 is 0 Å². The van der Waals surface area contributed by atoms with E-state index < -0.39 is 0 Å². The normalized spacial score (nSPS) is 12.2. The van der Waals surface area contributed by atoms with Gasteiger partial charge in [0.1, 0.15) is 0 Å². The van der Waals surface area contributed by atoms with Crippen molar-refractivity contribution in [2.75, 3.05) is 6.54 Å². The number of carbonyl (C=O) groups is 1. The van der Waals surface area contributed by atoms with Crippen LogP contribution in [0.4, 0.5) is 0 Å². The lowest BCUT2D eigenvalue weighted by atomic mass is 10.1. The Labute approximate surface area is 103 Å². The maximum atomic E-state index is 11.6. The molecule has 94 valence electrons. The Bertz CT molecular complexity index is 344. The predicted octanol–water partition coefficient (Wildman–Crippen LogP) is 1.64. The summed E-state index contributed by atoms with van der Waals surface area (Å²) < 4.78 is 0. The molecule has 0 radical (unpaired) electrons. The molecule has 0 aliphatic carbocycles. The minimum Gasteiger partial charge on any atom is -0.356 e. The summed E-state index contributed by atoms with van der Waals surface area (Å²) in [7, 11) is 0. The summed E-state index contributed by atoms with van der Waals surface area (Å²) in [6, 6.07) is 8.32. The quantitative estimate of drug-likeness (QED) is 0.786. The van der Waals surface area contributed by atoms with Gasteiger partial charge in [-0.05, 0) is 30.9 Å². The number of nitrogens with two attached hydrogens (primary N) is 1. The van der Waals surface area contributed by atoms with E-state index in [0.717, 1.165) is 18.4 Å². The summed E-state index contributed by atoms with van der Waals surface area (Å²) in [6.07, 6.45) is 2.30. The number of rotatable bonds is 6. The predicted molar refractivity (Wildman–Crippen MR) is 70.8 cm³/mol. The van der Waals surface area contributed by atoms with Gasteiger partial charge in [0.2, 0.25) is 5.91 Å². The van der Waals surface area contributed by atoms with Crippen molar-refractivity contribution >= 4 is 5.91 Å². The highest BCUT2D eigenvalue weighted by molar-refractivity contribution is 5.78. The molecule has 1 amide bonds. The van der Waals surface area contributed by atoms with Crippen LogP contribution in [0.5, 0.6) is 0 Å². The first kappa shape index (κ1) is 13.7. The zero-order valence-corrected chi connectivity index (χ0v) is 10.7. The third kappa shape index (κ3) is 5.50. The van der Waals surface area contributed by atoms with E-state index in [1.807, 2.05) is 19.1 Å². The van der Waals surface area contributed by atoms with Gasteiger partial charge >= 0.3 is 0 Å². The molecule has 0 heterocycles. The number of aryl methyl sites for hydroxylation is 1. The second-order valence-electron chi connectivity index (χ2n) is 4.46. The second-order valence-corrected chi connectivity index (χ2v) is 4.46. The van der Waals surface area contributed by atoms with Gasteiger partial charge in [-0.1, -0.05) is 31.2 Å². The fraction of sp³-hybridized carbons (Fsp3) is 0.500. The molecule has 1 rings (SSSR count). The third-order valence-electron chi connectivity index (χ3n) is 2.72. The Morgan fingerprint density at radius 3 is 2.41 bits per heavy atom. The summed E-state index contributed by atoms with van der Waals surface area (Å²) in [5, 5.41) is 2.87. The molecule has 0 spiro atoms. The number of amides is 1. The van der Waals surface area contributed by atoms with Gasteiger partial charge < -0.3 is 11.1 Å². The van der Waals surface area contributed by atoms with E-state index in [-0.39, 0.29) is 11.9 Å². The first-order chi connectivity index (χ1) is 8.11. The fourth-order valence-electron chi connectivity index (χ4n) is 1.58. The first-order valence-corrected chi connectivity index (χ1v) is 6.22. The van der Waals surface area contributed by atoms with Crippen LogP contribution in [-0.2, 0) is 17.6 Å². The van der Waals surface area contributed by atoms with Gasteiger partial charge in [-0.2, -0.15) is 0 Å². The van der Waals surface area contributed by atoms with Crippen LogP contribution in [0.1, 0.15) is 31.4 Å². The Morgan fingerprint density at radius 1 is 1.29 bits per heavy atom. The van der Waals surface area contributed by atoms with Gasteiger partial charge in [-0.3, -0.25) is 4.79 Å². The molecular weight excluding hydrogens is 212 g/mol. The number of hydrogen-bond donors (Lipinski definition) is 2. The highest BCUT2D eigenvalue weighted by Crippen LogP contribution is 2.05. The Kier molecular flexibility index (Phi) is 5.70. The van der Waals surface area contributed by atoms with Crippen molar-refractivity contribution < 1.29 is 4.79 Å². The minimum atomic E-state index is 0.0647. The molecule has 0 aromatic heterocycles. The molecule has 3 N–H and O–H groups in total. The Hall–Kier alpha value is -1.35. The zero-order chi connectivity index (χ0) is 12.7. The van der Waals surface area contributed by atoms with Crippen LogP contribution in [0, 0.1) is 0 Å². The SMILES string of the molecule is CCc1ccc(CC(=O)NCCC(C)N)cc1. The molecular formula is C14H22N2O. The first-order valence-electron chi connectivity index (χ1n) is 6.22. The molecule has 0 bridgehead atoms. The molecule has 1 aromatic rings. The number of hydrogen-bond acceptors (Lipinski definition) is 2. The standard InChI is InChI=1S/C14H22N2O/c1-3-12-4-6-13(7-5-12)10-14(17)16-9-8-11(2)15/h4-7,11H,3,8-10,15H2,1-2H3,(H,16,17). The Balaban J connectivity index is 2.34. The average Bonchev–Trinajstić information content (AvgIpc) is 2.29. The molecule has 1 atom stereocenters. The van der Waals surface area contributed by atoms with Gasteiger partial charge in [-0.15, -0.1) is 0 Å². The summed E-state index contributed by atoms with van der Waals surface area (Å²) in [4.78, 5) is 11.6. The molecule has 0 aliphatic rings. The lowest BCUT2D eigenvalue weighted by molar-refractivity contribution is -0.120. The maximum absolute atomic E-state index is 11.6. The van der Waals surface area contributed by atoms with Crippen LogP contribution in [0.3, 0.4) is 0 Å². The van der Waals surface area contributed by atoms with Crippen LogP contribution >= 0.6 is 0 Å². The number of benzene rings is 1. The van der Waals surface area contributed by atoms with Crippen molar-refractivity contribution in [2.45, 2.75) is 39.2 Å². The molecule has 0 aliphatic heterocycles. The van der Waals surface area contributed by atoms with Crippen LogP contribution < -0.4 is 11.1 Å². The molecule has 1 unspecified atom stereocenters. The zero-order valence-electron chi connectivity index (χ0n) is 10.7. The number of carbonyl (C=O) groups excluding carboxylic acids is 1. The smallest absolute Gasteiger partial charge is 0.224 e. The van der Waals surface area contributed by atoms with E-state index in [9.17, 15) is 4.79 Å². The van der Waals surface area contributed by atoms with Crippen molar-refractivity contribution in [3.05, 3.63) is 35.4 Å². The molecule has 0 saturated heterocycles. The molecule has 17 heavy (non-hydrogen) atoms. The van der Waals surface area contributed by atoms with Gasteiger partial charge in [-0.25, -0.2) is 0 Å². The maximum Gasteiger partial charge on any atom is 0.224 e. The van der Waals surface area contributed by atoms with Gasteiger partial charge in [0.05, 0.1) is 6.42 Å². The summed E-state index contributed by atoms with van der Waals surface area (Å²) in [5.74, 6) is 0.0647. The largest absolute Gasteiger partial charge is 0.356 e. The summed E-state index contributed by atoms with van der Waals surface area (Å²) in [6.45, 7) is 4.72. The highest BCUT2D eigenvalue weighted by atomic mass is 16.1. The Morgan fingerprint density at radius 2 is 1.88 bits per heavy atom. The van der Waals surface area contributed by atoms with Crippen molar-refractivity contribution in [2.24, 2.45) is 5.73 Å². The summed E-state index contributed by atoms with van der Waals surface area (Å²) >= 11 is 0. The lowest BCUT2D eigenvalue weighted by Crippen LogP contribution is -2.29. The van der Waals surface area contributed by atoms with Gasteiger partial charge in [0.25, 0.3) is 0 Å². The monoisotopic (exact) mass is 234 g/mol. The lowest BCUT2D eigenvalue weighted by Gasteiger charge is -2.07. The van der Waals surface area contributed by atoms with Crippen molar-refractivity contribution in [1.29, 1.82) is 0 Å². The summed E-state index contributed by atoms with van der Waals surface area (Å²) in [5.41, 5.74) is 7.97. The molecule has 1 aromatic carbocycles. The molecule has 0 saturated carbocycles. The van der Waals surface area contributed by atoms with E-state index in [2.05, 4.69) is 24.4 Å².